The van der Waals surface area contributed by atoms with E-state index < -0.39 is 5.54 Å². The van der Waals surface area contributed by atoms with Crippen molar-refractivity contribution in [2.75, 3.05) is 6.61 Å². The molecule has 0 aromatic carbocycles. The van der Waals surface area contributed by atoms with Crippen molar-refractivity contribution in [3.63, 3.8) is 0 Å². The van der Waals surface area contributed by atoms with Gasteiger partial charge in [-0.25, -0.2) is 0 Å². The second-order valence-corrected chi connectivity index (χ2v) is 8.06. The van der Waals surface area contributed by atoms with Crippen LogP contribution in [0.1, 0.15) is 60.3 Å². The molecule has 3 heteroatoms. The summed E-state index contributed by atoms with van der Waals surface area (Å²) < 4.78 is 6.33. The van der Waals surface area contributed by atoms with E-state index in [1.54, 1.807) is 0 Å². The van der Waals surface area contributed by atoms with Crippen LogP contribution in [-0.4, -0.2) is 29.5 Å². The molecule has 0 aromatic rings. The minimum Gasteiger partial charge on any atom is -0.394 e. The number of hydrogen-bond donors (Lipinski definition) is 2. The van der Waals surface area contributed by atoms with E-state index in [1.807, 2.05) is 6.92 Å². The first-order valence-electron chi connectivity index (χ1n) is 7.67. The highest BCUT2D eigenvalue weighted by atomic mass is 16.5. The Morgan fingerprint density at radius 2 is 2.05 bits per heavy atom. The number of rotatable bonds is 5. The maximum atomic E-state index is 9.26. The van der Waals surface area contributed by atoms with Gasteiger partial charge in [0.05, 0.1) is 18.8 Å². The Labute approximate surface area is 117 Å². The molecule has 0 heterocycles. The molecule has 2 saturated carbocycles. The lowest BCUT2D eigenvalue weighted by Crippen LogP contribution is -2.45. The fourth-order valence-corrected chi connectivity index (χ4v) is 4.39. The average Bonchev–Trinajstić information content (AvgIpc) is 2.61. The number of hydrogen-bond acceptors (Lipinski definition) is 3. The predicted molar refractivity (Wildman–Crippen MR) is 77.9 cm³/mol. The summed E-state index contributed by atoms with van der Waals surface area (Å²) in [5, 5.41) is 9.26. The first-order valence-corrected chi connectivity index (χ1v) is 7.67. The van der Waals surface area contributed by atoms with Gasteiger partial charge in [0, 0.05) is 5.54 Å². The van der Waals surface area contributed by atoms with Crippen LogP contribution in [0.25, 0.3) is 0 Å². The maximum absolute atomic E-state index is 9.26. The third kappa shape index (κ3) is 2.45. The highest BCUT2D eigenvalue weighted by Crippen LogP contribution is 2.66. The van der Waals surface area contributed by atoms with Crippen LogP contribution in [0.2, 0.25) is 0 Å². The lowest BCUT2D eigenvalue weighted by Gasteiger charge is -2.40. The SMILES string of the molecule is CC(CC(C)(N)CO)OC1CC2CCC1(C)C2(C)C. The summed E-state index contributed by atoms with van der Waals surface area (Å²) in [4.78, 5) is 0. The average molecular weight is 269 g/mol. The molecule has 0 spiro atoms. The van der Waals surface area contributed by atoms with Crippen LogP contribution in [0, 0.1) is 16.7 Å². The number of ether oxygens (including phenoxy) is 1. The summed E-state index contributed by atoms with van der Waals surface area (Å²) in [6.07, 6.45) is 4.99. The van der Waals surface area contributed by atoms with E-state index >= 15 is 0 Å². The topological polar surface area (TPSA) is 55.5 Å². The van der Waals surface area contributed by atoms with Gasteiger partial charge in [-0.3, -0.25) is 0 Å². The van der Waals surface area contributed by atoms with Crippen molar-refractivity contribution in [2.24, 2.45) is 22.5 Å². The van der Waals surface area contributed by atoms with Crippen LogP contribution in [0.5, 0.6) is 0 Å². The van der Waals surface area contributed by atoms with Gasteiger partial charge in [-0.05, 0) is 56.3 Å². The molecule has 0 amide bonds. The van der Waals surface area contributed by atoms with E-state index in [2.05, 4.69) is 27.7 Å². The Kier molecular flexibility index (Phi) is 3.79. The summed E-state index contributed by atoms with van der Waals surface area (Å²) in [6, 6.07) is 0. The van der Waals surface area contributed by atoms with Crippen molar-refractivity contribution >= 4 is 0 Å². The molecule has 5 atom stereocenters. The fourth-order valence-electron chi connectivity index (χ4n) is 4.39. The van der Waals surface area contributed by atoms with Crippen LogP contribution >= 0.6 is 0 Å². The van der Waals surface area contributed by atoms with Gasteiger partial charge < -0.3 is 15.6 Å². The molecular weight excluding hydrogens is 238 g/mol. The molecule has 2 bridgehead atoms. The van der Waals surface area contributed by atoms with Gasteiger partial charge in [0.25, 0.3) is 0 Å². The quantitative estimate of drug-likeness (QED) is 0.807. The lowest BCUT2D eigenvalue weighted by atomic mass is 9.70. The van der Waals surface area contributed by atoms with Crippen molar-refractivity contribution < 1.29 is 9.84 Å². The molecule has 0 aliphatic heterocycles. The van der Waals surface area contributed by atoms with Gasteiger partial charge in [0.15, 0.2) is 0 Å². The van der Waals surface area contributed by atoms with Crippen LogP contribution in [0.15, 0.2) is 0 Å². The van der Waals surface area contributed by atoms with Crippen LogP contribution in [-0.2, 0) is 4.74 Å². The standard InChI is InChI=1S/C16H31NO2/c1-11(9-15(4,17)10-18)19-13-8-12-6-7-16(13,5)14(12,2)3/h11-13,18H,6-10,17H2,1-5H3. The third-order valence-corrected chi connectivity index (χ3v) is 6.23. The molecule has 5 unspecified atom stereocenters. The molecule has 2 aliphatic carbocycles. The number of aliphatic hydroxyl groups is 1. The normalized spacial score (nSPS) is 41.2. The van der Waals surface area contributed by atoms with E-state index in [0.717, 1.165) is 5.92 Å². The molecular formula is C16H31NO2. The van der Waals surface area contributed by atoms with Crippen molar-refractivity contribution in [2.45, 2.75) is 78.0 Å². The van der Waals surface area contributed by atoms with Gasteiger partial charge in [0.1, 0.15) is 0 Å². The molecule has 3 N–H and O–H groups in total. The lowest BCUT2D eigenvalue weighted by molar-refractivity contribution is -0.0887. The largest absolute Gasteiger partial charge is 0.394 e. The van der Waals surface area contributed by atoms with Crippen LogP contribution < -0.4 is 5.73 Å². The first kappa shape index (κ1) is 15.3. The zero-order chi connectivity index (χ0) is 14.5. The fraction of sp³-hybridized carbons (Fsp3) is 1.00. The maximum Gasteiger partial charge on any atom is 0.0640 e. The Morgan fingerprint density at radius 1 is 1.42 bits per heavy atom. The Hall–Kier alpha value is -0.120. The van der Waals surface area contributed by atoms with Crippen LogP contribution in [0.4, 0.5) is 0 Å². The summed E-state index contributed by atoms with van der Waals surface area (Å²) in [7, 11) is 0. The van der Waals surface area contributed by atoms with Crippen molar-refractivity contribution in [1.82, 2.24) is 0 Å². The number of fused-ring (bicyclic) bond motifs is 2. The van der Waals surface area contributed by atoms with E-state index in [-0.39, 0.29) is 12.7 Å². The second-order valence-electron chi connectivity index (χ2n) is 8.06. The molecule has 2 aliphatic rings. The molecule has 0 saturated heterocycles. The van der Waals surface area contributed by atoms with Crippen LogP contribution in [0.3, 0.4) is 0 Å². The van der Waals surface area contributed by atoms with Gasteiger partial charge in [-0.15, -0.1) is 0 Å². The summed E-state index contributed by atoms with van der Waals surface area (Å²) in [6.45, 7) is 11.2. The molecule has 112 valence electrons. The van der Waals surface area contributed by atoms with Gasteiger partial charge in [-0.2, -0.15) is 0 Å². The summed E-state index contributed by atoms with van der Waals surface area (Å²) in [5.74, 6) is 0.803. The predicted octanol–water partition coefficient (Wildman–Crippen LogP) is 2.71. The monoisotopic (exact) mass is 269 g/mol. The molecule has 2 rings (SSSR count). The van der Waals surface area contributed by atoms with E-state index in [0.29, 0.717) is 23.4 Å². The molecule has 0 radical (unpaired) electrons. The molecule has 19 heavy (non-hydrogen) atoms. The van der Waals surface area contributed by atoms with Gasteiger partial charge in [0.2, 0.25) is 0 Å². The summed E-state index contributed by atoms with van der Waals surface area (Å²) in [5.41, 5.74) is 6.18. The Balaban J connectivity index is 1.98. The number of nitrogens with two attached hydrogens (primary N) is 1. The minimum absolute atomic E-state index is 0.0107. The van der Waals surface area contributed by atoms with Crippen molar-refractivity contribution in [1.29, 1.82) is 0 Å². The van der Waals surface area contributed by atoms with Gasteiger partial charge >= 0.3 is 0 Å². The zero-order valence-corrected chi connectivity index (χ0v) is 13.2. The first-order chi connectivity index (χ1) is 8.62. The van der Waals surface area contributed by atoms with E-state index in [9.17, 15) is 5.11 Å². The smallest absolute Gasteiger partial charge is 0.0640 e. The van der Waals surface area contributed by atoms with E-state index in [4.69, 9.17) is 10.5 Å². The van der Waals surface area contributed by atoms with Gasteiger partial charge in [-0.1, -0.05) is 20.8 Å². The van der Waals surface area contributed by atoms with Crippen molar-refractivity contribution in [3.05, 3.63) is 0 Å². The van der Waals surface area contributed by atoms with E-state index in [1.165, 1.54) is 19.3 Å². The second kappa shape index (κ2) is 4.71. The summed E-state index contributed by atoms with van der Waals surface area (Å²) >= 11 is 0. The number of aliphatic hydroxyl groups excluding tert-OH is 1. The highest BCUT2D eigenvalue weighted by molar-refractivity contribution is 5.11. The molecule has 0 aromatic heterocycles. The Morgan fingerprint density at radius 3 is 2.47 bits per heavy atom. The zero-order valence-electron chi connectivity index (χ0n) is 13.2. The molecule has 2 fully saturated rings. The minimum atomic E-state index is -0.534. The highest BCUT2D eigenvalue weighted by Gasteiger charge is 2.62. The Bertz CT molecular complexity index is 340. The molecule has 3 nitrogen and oxygen atoms in total. The van der Waals surface area contributed by atoms with Crippen molar-refractivity contribution in [3.8, 4) is 0 Å². The third-order valence-electron chi connectivity index (χ3n) is 6.23.